The topological polar surface area (TPSA) is 101 Å². The summed E-state index contributed by atoms with van der Waals surface area (Å²) in [5, 5.41) is 2.65. The first-order valence-corrected chi connectivity index (χ1v) is 8.09. The van der Waals surface area contributed by atoms with E-state index in [1.165, 1.54) is 12.1 Å². The van der Waals surface area contributed by atoms with Crippen molar-refractivity contribution in [2.75, 3.05) is 18.4 Å². The molecule has 2 rings (SSSR count). The van der Waals surface area contributed by atoms with Gasteiger partial charge in [-0.1, -0.05) is 0 Å². The van der Waals surface area contributed by atoms with Gasteiger partial charge in [0.25, 0.3) is 0 Å². The van der Waals surface area contributed by atoms with Crippen LogP contribution < -0.4 is 15.8 Å². The summed E-state index contributed by atoms with van der Waals surface area (Å²) < 4.78 is 26.6. The molecule has 0 atom stereocenters. The second kappa shape index (κ2) is 6.34. The van der Waals surface area contributed by atoms with Crippen LogP contribution in [0.3, 0.4) is 0 Å². The van der Waals surface area contributed by atoms with E-state index in [-0.39, 0.29) is 23.8 Å². The van der Waals surface area contributed by atoms with Crippen molar-refractivity contribution in [2.45, 2.75) is 24.2 Å². The average Bonchev–Trinajstić information content (AvgIpc) is 3.21. The molecule has 0 aliphatic heterocycles. The van der Waals surface area contributed by atoms with Crippen LogP contribution in [0.25, 0.3) is 0 Å². The maximum atomic E-state index is 12.0. The lowest BCUT2D eigenvalue weighted by atomic mass is 10.3. The number of benzene rings is 1. The maximum absolute atomic E-state index is 12.0. The Hall–Kier alpha value is -1.44. The van der Waals surface area contributed by atoms with E-state index in [0.717, 1.165) is 12.8 Å². The third-order valence-corrected chi connectivity index (χ3v) is 4.52. The molecule has 7 heteroatoms. The van der Waals surface area contributed by atoms with Gasteiger partial charge in [-0.2, -0.15) is 0 Å². The predicted octanol–water partition coefficient (Wildman–Crippen LogP) is 0.662. The normalized spacial score (nSPS) is 15.1. The highest BCUT2D eigenvalue weighted by molar-refractivity contribution is 7.89. The Morgan fingerprint density at radius 1 is 1.25 bits per heavy atom. The van der Waals surface area contributed by atoms with E-state index >= 15 is 0 Å². The molecule has 0 heterocycles. The van der Waals surface area contributed by atoms with Gasteiger partial charge in [0.2, 0.25) is 15.9 Å². The zero-order valence-corrected chi connectivity index (χ0v) is 11.9. The zero-order chi connectivity index (χ0) is 14.6. The molecule has 20 heavy (non-hydrogen) atoms. The van der Waals surface area contributed by atoms with Crippen molar-refractivity contribution < 1.29 is 13.2 Å². The number of amides is 1. The van der Waals surface area contributed by atoms with E-state index < -0.39 is 10.0 Å². The summed E-state index contributed by atoms with van der Waals surface area (Å²) in [5.41, 5.74) is 5.84. The SMILES string of the molecule is NCCC(=O)Nc1ccc(S(=O)(=O)NCC2CC2)cc1. The lowest BCUT2D eigenvalue weighted by Crippen LogP contribution is -2.25. The van der Waals surface area contributed by atoms with Crippen LogP contribution in [0.4, 0.5) is 5.69 Å². The number of rotatable bonds is 7. The van der Waals surface area contributed by atoms with Crippen LogP contribution in [0.2, 0.25) is 0 Å². The molecule has 1 aromatic rings. The number of hydrogen-bond donors (Lipinski definition) is 3. The highest BCUT2D eigenvalue weighted by Gasteiger charge is 2.24. The fourth-order valence-corrected chi connectivity index (χ4v) is 2.82. The number of nitrogens with two attached hydrogens (primary N) is 1. The number of anilines is 1. The minimum absolute atomic E-state index is 0.185. The van der Waals surface area contributed by atoms with E-state index in [2.05, 4.69) is 10.0 Å². The first-order valence-electron chi connectivity index (χ1n) is 6.61. The van der Waals surface area contributed by atoms with Crippen molar-refractivity contribution in [1.82, 2.24) is 4.72 Å². The van der Waals surface area contributed by atoms with Crippen molar-refractivity contribution in [3.05, 3.63) is 24.3 Å². The van der Waals surface area contributed by atoms with Gasteiger partial charge in [0.15, 0.2) is 0 Å². The first kappa shape index (κ1) is 15.0. The van der Waals surface area contributed by atoms with Crippen molar-refractivity contribution in [3.63, 3.8) is 0 Å². The third-order valence-electron chi connectivity index (χ3n) is 3.08. The molecular weight excluding hydrogens is 278 g/mol. The highest BCUT2D eigenvalue weighted by Crippen LogP contribution is 2.28. The minimum Gasteiger partial charge on any atom is -0.330 e. The Labute approximate surface area is 118 Å². The van der Waals surface area contributed by atoms with Gasteiger partial charge in [-0.25, -0.2) is 13.1 Å². The number of carbonyl (C=O) groups excluding carboxylic acids is 1. The molecule has 0 unspecified atom stereocenters. The summed E-state index contributed by atoms with van der Waals surface area (Å²) >= 11 is 0. The molecule has 1 fully saturated rings. The lowest BCUT2D eigenvalue weighted by Gasteiger charge is -2.08. The Kier molecular flexibility index (Phi) is 4.74. The van der Waals surface area contributed by atoms with E-state index in [4.69, 9.17) is 5.73 Å². The van der Waals surface area contributed by atoms with E-state index in [0.29, 0.717) is 18.2 Å². The van der Waals surface area contributed by atoms with Gasteiger partial charge < -0.3 is 11.1 Å². The van der Waals surface area contributed by atoms with E-state index in [1.807, 2.05) is 0 Å². The van der Waals surface area contributed by atoms with Crippen LogP contribution in [-0.4, -0.2) is 27.4 Å². The molecule has 1 aromatic carbocycles. The van der Waals surface area contributed by atoms with Gasteiger partial charge in [-0.3, -0.25) is 4.79 Å². The average molecular weight is 297 g/mol. The van der Waals surface area contributed by atoms with E-state index in [1.54, 1.807) is 12.1 Å². The molecule has 0 bridgehead atoms. The van der Waals surface area contributed by atoms with Crippen molar-refractivity contribution >= 4 is 21.6 Å². The van der Waals surface area contributed by atoms with Crippen LogP contribution in [-0.2, 0) is 14.8 Å². The molecular formula is C13H19N3O3S. The summed E-state index contributed by atoms with van der Waals surface area (Å²) in [6.45, 7) is 0.778. The Balaban J connectivity index is 1.97. The van der Waals surface area contributed by atoms with Crippen molar-refractivity contribution in [3.8, 4) is 0 Å². The molecule has 0 aromatic heterocycles. The molecule has 0 spiro atoms. The Bertz CT molecular complexity index is 565. The predicted molar refractivity (Wildman–Crippen MR) is 76.7 cm³/mol. The van der Waals surface area contributed by atoms with E-state index in [9.17, 15) is 13.2 Å². The van der Waals surface area contributed by atoms with Gasteiger partial charge in [0.05, 0.1) is 4.90 Å². The van der Waals surface area contributed by atoms with Gasteiger partial charge >= 0.3 is 0 Å². The van der Waals surface area contributed by atoms with Crippen molar-refractivity contribution in [2.24, 2.45) is 11.7 Å². The van der Waals surface area contributed by atoms with Crippen LogP contribution >= 0.6 is 0 Å². The smallest absolute Gasteiger partial charge is 0.240 e. The number of hydrogen-bond acceptors (Lipinski definition) is 4. The Morgan fingerprint density at radius 2 is 1.90 bits per heavy atom. The Morgan fingerprint density at radius 3 is 2.45 bits per heavy atom. The summed E-state index contributed by atoms with van der Waals surface area (Å²) in [4.78, 5) is 11.6. The number of carbonyl (C=O) groups is 1. The zero-order valence-electron chi connectivity index (χ0n) is 11.1. The molecule has 1 aliphatic carbocycles. The second-order valence-electron chi connectivity index (χ2n) is 4.91. The van der Waals surface area contributed by atoms with Gasteiger partial charge in [0, 0.05) is 25.2 Å². The van der Waals surface area contributed by atoms with Crippen molar-refractivity contribution in [1.29, 1.82) is 0 Å². The molecule has 0 radical (unpaired) electrons. The minimum atomic E-state index is -3.45. The summed E-state index contributed by atoms with van der Waals surface area (Å²) in [6, 6.07) is 6.10. The largest absolute Gasteiger partial charge is 0.330 e. The van der Waals surface area contributed by atoms with Gasteiger partial charge in [0.1, 0.15) is 0 Å². The standard InChI is InChI=1S/C13H19N3O3S/c14-8-7-13(17)16-11-3-5-12(6-4-11)20(18,19)15-9-10-1-2-10/h3-6,10,15H,1-2,7-9,14H2,(H,16,17). The fraction of sp³-hybridized carbons (Fsp3) is 0.462. The van der Waals surface area contributed by atoms with Gasteiger partial charge in [-0.05, 0) is 43.0 Å². The molecule has 1 amide bonds. The number of sulfonamides is 1. The van der Waals surface area contributed by atoms with Crippen LogP contribution in [0.5, 0.6) is 0 Å². The van der Waals surface area contributed by atoms with Gasteiger partial charge in [-0.15, -0.1) is 0 Å². The fourth-order valence-electron chi connectivity index (χ4n) is 1.70. The molecule has 0 saturated heterocycles. The first-order chi connectivity index (χ1) is 9.51. The molecule has 6 nitrogen and oxygen atoms in total. The second-order valence-corrected chi connectivity index (χ2v) is 6.67. The molecule has 4 N–H and O–H groups in total. The molecule has 1 aliphatic rings. The highest BCUT2D eigenvalue weighted by atomic mass is 32.2. The number of nitrogens with one attached hydrogen (secondary N) is 2. The summed E-state index contributed by atoms with van der Waals surface area (Å²) in [7, 11) is -3.45. The third kappa shape index (κ3) is 4.29. The lowest BCUT2D eigenvalue weighted by molar-refractivity contribution is -0.116. The molecule has 1 saturated carbocycles. The maximum Gasteiger partial charge on any atom is 0.240 e. The van der Waals surface area contributed by atoms with Crippen LogP contribution in [0.15, 0.2) is 29.2 Å². The summed E-state index contributed by atoms with van der Waals surface area (Å²) in [5.74, 6) is 0.301. The molecule has 110 valence electrons. The summed E-state index contributed by atoms with van der Waals surface area (Å²) in [6.07, 6.45) is 2.42. The van der Waals surface area contributed by atoms with Crippen LogP contribution in [0, 0.1) is 5.92 Å². The monoisotopic (exact) mass is 297 g/mol. The van der Waals surface area contributed by atoms with Crippen LogP contribution in [0.1, 0.15) is 19.3 Å². The quantitative estimate of drug-likeness (QED) is 0.688.